The van der Waals surface area contributed by atoms with E-state index in [1.165, 1.54) is 25.5 Å². The lowest BCUT2D eigenvalue weighted by atomic mass is 10.1. The average Bonchev–Trinajstić information content (AvgIpc) is 2.87. The molecule has 0 radical (unpaired) electrons. The highest BCUT2D eigenvalue weighted by Crippen LogP contribution is 2.28. The number of carbonyl (C=O) groups excluding carboxylic acids is 1. The van der Waals surface area contributed by atoms with Gasteiger partial charge in [0.25, 0.3) is 15.9 Å². The molecule has 0 saturated heterocycles. The van der Waals surface area contributed by atoms with Crippen molar-refractivity contribution in [2.45, 2.75) is 25.7 Å². The maximum Gasteiger partial charge on any atom is 0.264 e. The van der Waals surface area contributed by atoms with Crippen LogP contribution < -0.4 is 19.2 Å². The summed E-state index contributed by atoms with van der Waals surface area (Å²) < 4.78 is 39.1. The quantitative estimate of drug-likeness (QED) is 0.227. The molecule has 0 fully saturated rings. The van der Waals surface area contributed by atoms with Crippen LogP contribution in [-0.4, -0.2) is 40.8 Å². The Labute approximate surface area is 218 Å². The number of hydrogen-bond acceptors (Lipinski definition) is 6. The molecule has 8 nitrogen and oxygen atoms in total. The van der Waals surface area contributed by atoms with Gasteiger partial charge in [0.2, 0.25) is 0 Å². The van der Waals surface area contributed by atoms with Crippen molar-refractivity contribution in [3.8, 4) is 11.5 Å². The highest BCUT2D eigenvalue weighted by atomic mass is 32.2. The van der Waals surface area contributed by atoms with Gasteiger partial charge in [-0.1, -0.05) is 48.0 Å². The van der Waals surface area contributed by atoms with Crippen LogP contribution in [0.2, 0.25) is 0 Å². The van der Waals surface area contributed by atoms with Gasteiger partial charge < -0.3 is 9.47 Å². The lowest BCUT2D eigenvalue weighted by Gasteiger charge is -2.25. The number of amides is 1. The second kappa shape index (κ2) is 12.2. The van der Waals surface area contributed by atoms with Gasteiger partial charge in [-0.25, -0.2) is 13.8 Å². The maximum atomic E-state index is 13.6. The number of methoxy groups -OCH3 is 1. The summed E-state index contributed by atoms with van der Waals surface area (Å²) in [5.41, 5.74) is 6.15. The van der Waals surface area contributed by atoms with Crippen molar-refractivity contribution < 1.29 is 22.7 Å². The Kier molecular flexibility index (Phi) is 9.08. The number of hydrazone groups is 1. The average molecular weight is 522 g/mol. The number of rotatable bonds is 11. The topological polar surface area (TPSA) is 97.3 Å². The summed E-state index contributed by atoms with van der Waals surface area (Å²) in [6.07, 6.45) is 3.07. The number of aryl methyl sites for hydroxylation is 3. The first kappa shape index (κ1) is 27.5. The number of ether oxygens (including phenoxy) is 2. The largest absolute Gasteiger partial charge is 0.493 e. The Bertz CT molecular complexity index is 1400. The lowest BCUT2D eigenvalue weighted by Crippen LogP contribution is -2.40. The zero-order chi connectivity index (χ0) is 27.0. The summed E-state index contributed by atoms with van der Waals surface area (Å²) in [5, 5.41) is 4.00. The molecule has 0 atom stereocenters. The third-order valence-electron chi connectivity index (χ3n) is 5.46. The summed E-state index contributed by atoms with van der Waals surface area (Å²) in [4.78, 5) is 12.9. The summed E-state index contributed by atoms with van der Waals surface area (Å²) >= 11 is 0. The number of nitrogens with zero attached hydrogens (tertiary/aromatic N) is 2. The zero-order valence-corrected chi connectivity index (χ0v) is 22.2. The number of hydrogen-bond donors (Lipinski definition) is 1. The molecule has 194 valence electrons. The molecule has 0 heterocycles. The Hall–Kier alpha value is -4.11. The number of anilines is 1. The van der Waals surface area contributed by atoms with Gasteiger partial charge in [0.1, 0.15) is 13.2 Å². The van der Waals surface area contributed by atoms with Gasteiger partial charge in [-0.2, -0.15) is 5.10 Å². The van der Waals surface area contributed by atoms with Gasteiger partial charge in [0.15, 0.2) is 11.5 Å². The van der Waals surface area contributed by atoms with Gasteiger partial charge in [-0.05, 0) is 68.3 Å². The van der Waals surface area contributed by atoms with Crippen LogP contribution in [0.3, 0.4) is 0 Å². The molecule has 0 aliphatic carbocycles. The monoisotopic (exact) mass is 521 g/mol. The highest BCUT2D eigenvalue weighted by molar-refractivity contribution is 7.92. The van der Waals surface area contributed by atoms with E-state index in [9.17, 15) is 13.2 Å². The minimum atomic E-state index is -4.02. The van der Waals surface area contributed by atoms with Crippen LogP contribution in [0.5, 0.6) is 11.5 Å². The summed E-state index contributed by atoms with van der Waals surface area (Å²) in [6.45, 7) is 9.12. The molecular weight excluding hydrogens is 490 g/mol. The first-order chi connectivity index (χ1) is 17.6. The normalized spacial score (nSPS) is 11.2. The van der Waals surface area contributed by atoms with Crippen LogP contribution in [0.4, 0.5) is 5.69 Å². The predicted octanol–water partition coefficient (Wildman–Crippen LogP) is 4.53. The highest BCUT2D eigenvalue weighted by Gasteiger charge is 2.28. The van der Waals surface area contributed by atoms with Crippen molar-refractivity contribution in [3.05, 3.63) is 95.6 Å². The number of nitrogens with one attached hydrogen (secondary N) is 1. The molecule has 1 amide bonds. The van der Waals surface area contributed by atoms with E-state index in [-0.39, 0.29) is 4.90 Å². The molecule has 3 aromatic rings. The molecule has 9 heteroatoms. The van der Waals surface area contributed by atoms with E-state index in [1.54, 1.807) is 42.5 Å². The minimum Gasteiger partial charge on any atom is -0.493 e. The SMILES string of the molecule is C=CCOc1ccc(/C=N\NC(=O)CN(c2ccc(C)cc2C)S(=O)(=O)c2ccc(C)cc2)cc1OC. The molecule has 0 spiro atoms. The van der Waals surface area contributed by atoms with Gasteiger partial charge in [-0.3, -0.25) is 9.10 Å². The molecule has 3 rings (SSSR count). The van der Waals surface area contributed by atoms with Crippen molar-refractivity contribution in [1.82, 2.24) is 5.43 Å². The lowest BCUT2D eigenvalue weighted by molar-refractivity contribution is -0.119. The molecular formula is C28H31N3O5S. The van der Waals surface area contributed by atoms with E-state index in [4.69, 9.17) is 9.47 Å². The third-order valence-corrected chi connectivity index (χ3v) is 7.24. The van der Waals surface area contributed by atoms with E-state index >= 15 is 0 Å². The Balaban J connectivity index is 1.82. The third kappa shape index (κ3) is 6.98. The molecule has 0 aromatic heterocycles. The van der Waals surface area contributed by atoms with Crippen LogP contribution >= 0.6 is 0 Å². The molecule has 3 aromatic carbocycles. The molecule has 37 heavy (non-hydrogen) atoms. The molecule has 0 aliphatic heterocycles. The first-order valence-electron chi connectivity index (χ1n) is 11.6. The fourth-order valence-corrected chi connectivity index (χ4v) is 5.08. The van der Waals surface area contributed by atoms with Crippen molar-refractivity contribution in [1.29, 1.82) is 0 Å². The number of benzene rings is 3. The van der Waals surface area contributed by atoms with Crippen molar-refractivity contribution in [3.63, 3.8) is 0 Å². The van der Waals surface area contributed by atoms with E-state index in [0.717, 1.165) is 21.0 Å². The Morgan fingerprint density at radius 3 is 2.35 bits per heavy atom. The Morgan fingerprint density at radius 2 is 1.70 bits per heavy atom. The summed E-state index contributed by atoms with van der Waals surface area (Å²) in [5.74, 6) is 0.459. The van der Waals surface area contributed by atoms with Gasteiger partial charge in [0.05, 0.1) is 23.9 Å². The van der Waals surface area contributed by atoms with Crippen molar-refractivity contribution >= 4 is 27.8 Å². The number of carbonyl (C=O) groups is 1. The maximum absolute atomic E-state index is 13.6. The van der Waals surface area contributed by atoms with Crippen LogP contribution in [0.15, 0.2) is 83.3 Å². The fourth-order valence-electron chi connectivity index (χ4n) is 3.60. The summed E-state index contributed by atoms with van der Waals surface area (Å²) in [7, 11) is -2.49. The fraction of sp³-hybridized carbons (Fsp3) is 0.214. The van der Waals surface area contributed by atoms with Gasteiger partial charge in [0, 0.05) is 0 Å². The second-order valence-electron chi connectivity index (χ2n) is 8.42. The molecule has 0 unspecified atom stereocenters. The van der Waals surface area contributed by atoms with Crippen molar-refractivity contribution in [2.75, 3.05) is 24.6 Å². The van der Waals surface area contributed by atoms with Crippen molar-refractivity contribution in [2.24, 2.45) is 5.10 Å². The zero-order valence-electron chi connectivity index (χ0n) is 21.4. The molecule has 0 bridgehead atoms. The van der Waals surface area contributed by atoms with E-state index < -0.39 is 22.5 Å². The Morgan fingerprint density at radius 1 is 1.00 bits per heavy atom. The number of sulfonamides is 1. The predicted molar refractivity (Wildman–Crippen MR) is 146 cm³/mol. The standard InChI is InChI=1S/C28H31N3O5S/c1-6-15-36-26-14-10-23(17-27(26)35-5)18-29-30-28(32)19-31(25-13-9-21(3)16-22(25)4)37(33,34)24-11-7-20(2)8-12-24/h6-14,16-18H,1,15,19H2,2-5H3,(H,30,32)/b29-18-. The second-order valence-corrected chi connectivity index (χ2v) is 10.3. The van der Waals surface area contributed by atoms with Gasteiger partial charge in [-0.15, -0.1) is 0 Å². The smallest absolute Gasteiger partial charge is 0.264 e. The van der Waals surface area contributed by atoms with Crippen LogP contribution in [0, 0.1) is 20.8 Å². The van der Waals surface area contributed by atoms with E-state index in [1.807, 2.05) is 32.9 Å². The minimum absolute atomic E-state index is 0.0974. The molecule has 1 N–H and O–H groups in total. The van der Waals surface area contributed by atoms with Crippen LogP contribution in [-0.2, 0) is 14.8 Å². The molecule has 0 aliphatic rings. The van der Waals surface area contributed by atoms with Crippen LogP contribution in [0.25, 0.3) is 0 Å². The molecule has 0 saturated carbocycles. The summed E-state index contributed by atoms with van der Waals surface area (Å²) in [6, 6.07) is 17.1. The van der Waals surface area contributed by atoms with E-state index in [2.05, 4.69) is 17.1 Å². The van der Waals surface area contributed by atoms with Crippen LogP contribution in [0.1, 0.15) is 22.3 Å². The van der Waals surface area contributed by atoms with Gasteiger partial charge >= 0.3 is 0 Å². The first-order valence-corrected chi connectivity index (χ1v) is 13.0. The van der Waals surface area contributed by atoms with E-state index in [0.29, 0.717) is 29.4 Å².